The van der Waals surface area contributed by atoms with Crippen LogP contribution in [-0.2, 0) is 0 Å². The highest BCUT2D eigenvalue weighted by Crippen LogP contribution is 2.19. The number of hydrogen-bond donors (Lipinski definition) is 1. The maximum Gasteiger partial charge on any atom is 0.252 e. The number of aryl methyl sites for hydroxylation is 3. The minimum Gasteiger partial charge on any atom is -0.346 e. The first-order valence-corrected chi connectivity index (χ1v) is 6.92. The topological polar surface area (TPSA) is 29.1 Å². The molecule has 20 heavy (non-hydrogen) atoms. The van der Waals surface area contributed by atoms with Gasteiger partial charge >= 0.3 is 0 Å². The van der Waals surface area contributed by atoms with Crippen molar-refractivity contribution in [3.8, 4) is 0 Å². The summed E-state index contributed by atoms with van der Waals surface area (Å²) in [6.07, 6.45) is 0. The highest BCUT2D eigenvalue weighted by molar-refractivity contribution is 5.95. The third-order valence-corrected chi connectivity index (χ3v) is 3.63. The number of benzene rings is 2. The molecule has 0 aliphatic heterocycles. The number of hydrogen-bond acceptors (Lipinski definition) is 1. The molecule has 0 heterocycles. The van der Waals surface area contributed by atoms with Crippen molar-refractivity contribution in [1.82, 2.24) is 5.32 Å². The molecule has 0 radical (unpaired) electrons. The Balaban J connectivity index is 2.17. The minimum atomic E-state index is -0.0180. The normalized spacial score (nSPS) is 12.0. The first-order chi connectivity index (χ1) is 9.49. The molecule has 2 aromatic carbocycles. The van der Waals surface area contributed by atoms with Gasteiger partial charge in [0.1, 0.15) is 0 Å². The average molecular weight is 267 g/mol. The number of nitrogens with one attached hydrogen (secondary N) is 1. The van der Waals surface area contributed by atoms with Gasteiger partial charge in [0.2, 0.25) is 0 Å². The molecule has 0 aromatic heterocycles. The molecular weight excluding hydrogens is 246 g/mol. The van der Waals surface area contributed by atoms with Gasteiger partial charge in [-0.3, -0.25) is 4.79 Å². The van der Waals surface area contributed by atoms with Crippen LogP contribution in [0.5, 0.6) is 0 Å². The molecular formula is C18H21NO. The van der Waals surface area contributed by atoms with Crippen molar-refractivity contribution in [2.24, 2.45) is 0 Å². The summed E-state index contributed by atoms with van der Waals surface area (Å²) in [7, 11) is 0. The molecule has 0 saturated carbocycles. The van der Waals surface area contributed by atoms with Crippen LogP contribution < -0.4 is 5.32 Å². The van der Waals surface area contributed by atoms with Crippen LogP contribution in [0.1, 0.15) is 45.6 Å². The Hall–Kier alpha value is -2.09. The van der Waals surface area contributed by atoms with Gasteiger partial charge in [0.25, 0.3) is 5.91 Å². The highest BCUT2D eigenvalue weighted by Gasteiger charge is 2.14. The fourth-order valence-corrected chi connectivity index (χ4v) is 2.49. The first-order valence-electron chi connectivity index (χ1n) is 6.92. The summed E-state index contributed by atoms with van der Waals surface area (Å²) in [5.74, 6) is -0.0180. The van der Waals surface area contributed by atoms with E-state index in [-0.39, 0.29) is 11.9 Å². The Labute approximate surface area is 120 Å². The van der Waals surface area contributed by atoms with Crippen LogP contribution in [-0.4, -0.2) is 5.91 Å². The Morgan fingerprint density at radius 2 is 1.70 bits per heavy atom. The third-order valence-electron chi connectivity index (χ3n) is 3.63. The Kier molecular flexibility index (Phi) is 4.23. The molecule has 0 spiro atoms. The second kappa shape index (κ2) is 5.91. The summed E-state index contributed by atoms with van der Waals surface area (Å²) >= 11 is 0. The molecule has 0 bridgehead atoms. The average Bonchev–Trinajstić information content (AvgIpc) is 2.38. The summed E-state index contributed by atoms with van der Waals surface area (Å²) in [6.45, 7) is 8.14. The zero-order valence-corrected chi connectivity index (χ0v) is 12.5. The van der Waals surface area contributed by atoms with Gasteiger partial charge in [-0.1, -0.05) is 42.0 Å². The monoisotopic (exact) mass is 267 g/mol. The highest BCUT2D eigenvalue weighted by atomic mass is 16.1. The molecule has 1 N–H and O–H groups in total. The SMILES string of the molecule is Cc1ccc([C@H](C)NC(=O)c2ccccc2C)c(C)c1. The molecule has 1 amide bonds. The van der Waals surface area contributed by atoms with Gasteiger partial charge in [-0.2, -0.15) is 0 Å². The molecule has 2 heteroatoms. The van der Waals surface area contributed by atoms with E-state index in [9.17, 15) is 4.79 Å². The fraction of sp³-hybridized carbons (Fsp3) is 0.278. The van der Waals surface area contributed by atoms with Crippen molar-refractivity contribution in [2.45, 2.75) is 33.7 Å². The summed E-state index contributed by atoms with van der Waals surface area (Å²) in [6, 6.07) is 14.0. The van der Waals surface area contributed by atoms with Crippen molar-refractivity contribution in [3.63, 3.8) is 0 Å². The van der Waals surface area contributed by atoms with E-state index in [1.165, 1.54) is 11.1 Å². The molecule has 0 aliphatic rings. The minimum absolute atomic E-state index is 0.00251. The van der Waals surface area contributed by atoms with Gasteiger partial charge in [0.15, 0.2) is 0 Å². The van der Waals surface area contributed by atoms with Crippen molar-refractivity contribution in [1.29, 1.82) is 0 Å². The van der Waals surface area contributed by atoms with Crippen molar-refractivity contribution >= 4 is 5.91 Å². The van der Waals surface area contributed by atoms with Crippen LogP contribution in [0.15, 0.2) is 42.5 Å². The summed E-state index contributed by atoms with van der Waals surface area (Å²) in [5.41, 5.74) is 5.35. The van der Waals surface area contributed by atoms with Crippen LogP contribution in [0.2, 0.25) is 0 Å². The lowest BCUT2D eigenvalue weighted by Gasteiger charge is -2.17. The van der Waals surface area contributed by atoms with Crippen molar-refractivity contribution < 1.29 is 4.79 Å². The van der Waals surface area contributed by atoms with Gasteiger partial charge in [0.05, 0.1) is 6.04 Å². The number of amides is 1. The summed E-state index contributed by atoms with van der Waals surface area (Å²) < 4.78 is 0. The third kappa shape index (κ3) is 3.08. The maximum absolute atomic E-state index is 12.3. The predicted molar refractivity (Wildman–Crippen MR) is 83.0 cm³/mol. The first kappa shape index (κ1) is 14.3. The van der Waals surface area contributed by atoms with E-state index >= 15 is 0 Å². The van der Waals surface area contributed by atoms with E-state index in [1.807, 2.05) is 38.1 Å². The lowest BCUT2D eigenvalue weighted by atomic mass is 9.99. The van der Waals surface area contributed by atoms with Crippen LogP contribution in [0, 0.1) is 20.8 Å². The van der Waals surface area contributed by atoms with E-state index < -0.39 is 0 Å². The van der Waals surface area contributed by atoms with Gasteiger partial charge in [0, 0.05) is 5.56 Å². The van der Waals surface area contributed by atoms with E-state index in [1.54, 1.807) is 0 Å². The largest absolute Gasteiger partial charge is 0.346 e. The van der Waals surface area contributed by atoms with Gasteiger partial charge in [-0.15, -0.1) is 0 Å². The zero-order valence-electron chi connectivity index (χ0n) is 12.5. The number of carbonyl (C=O) groups excluding carboxylic acids is 1. The molecule has 0 saturated heterocycles. The van der Waals surface area contributed by atoms with E-state index in [2.05, 4.69) is 37.4 Å². The van der Waals surface area contributed by atoms with Crippen molar-refractivity contribution in [3.05, 3.63) is 70.3 Å². The van der Waals surface area contributed by atoms with Crippen LogP contribution in [0.25, 0.3) is 0 Å². The predicted octanol–water partition coefficient (Wildman–Crippen LogP) is 4.10. The molecule has 104 valence electrons. The molecule has 2 nitrogen and oxygen atoms in total. The number of rotatable bonds is 3. The van der Waals surface area contributed by atoms with E-state index in [0.717, 1.165) is 16.7 Å². The molecule has 0 aliphatic carbocycles. The standard InChI is InChI=1S/C18H21NO/c1-12-9-10-16(14(3)11-12)15(4)19-18(20)17-8-6-5-7-13(17)2/h5-11,15H,1-4H3,(H,19,20)/t15-/m0/s1. The second-order valence-corrected chi connectivity index (χ2v) is 5.37. The quantitative estimate of drug-likeness (QED) is 0.891. The Morgan fingerprint density at radius 3 is 2.35 bits per heavy atom. The molecule has 0 fully saturated rings. The second-order valence-electron chi connectivity index (χ2n) is 5.37. The molecule has 1 atom stereocenters. The lowest BCUT2D eigenvalue weighted by Crippen LogP contribution is -2.27. The fourth-order valence-electron chi connectivity index (χ4n) is 2.49. The van der Waals surface area contributed by atoms with Crippen LogP contribution in [0.4, 0.5) is 0 Å². The smallest absolute Gasteiger partial charge is 0.252 e. The van der Waals surface area contributed by atoms with Gasteiger partial charge in [-0.05, 0) is 50.5 Å². The van der Waals surface area contributed by atoms with Crippen molar-refractivity contribution in [2.75, 3.05) is 0 Å². The lowest BCUT2D eigenvalue weighted by molar-refractivity contribution is 0.0939. The summed E-state index contributed by atoms with van der Waals surface area (Å²) in [4.78, 5) is 12.3. The zero-order chi connectivity index (χ0) is 14.7. The van der Waals surface area contributed by atoms with E-state index in [0.29, 0.717) is 0 Å². The molecule has 2 rings (SSSR count). The Morgan fingerprint density at radius 1 is 1.00 bits per heavy atom. The summed E-state index contributed by atoms with van der Waals surface area (Å²) in [5, 5.41) is 3.07. The molecule has 0 unspecified atom stereocenters. The molecule has 2 aromatic rings. The van der Waals surface area contributed by atoms with Crippen LogP contribution >= 0.6 is 0 Å². The van der Waals surface area contributed by atoms with Gasteiger partial charge in [-0.25, -0.2) is 0 Å². The van der Waals surface area contributed by atoms with Gasteiger partial charge < -0.3 is 5.32 Å². The Bertz CT molecular complexity index is 631. The van der Waals surface area contributed by atoms with Crippen LogP contribution in [0.3, 0.4) is 0 Å². The number of carbonyl (C=O) groups is 1. The van der Waals surface area contributed by atoms with E-state index in [4.69, 9.17) is 0 Å². The maximum atomic E-state index is 12.3.